The molecule has 0 heterocycles. The fraction of sp³-hybridized carbons (Fsp3) is 0.176. The van der Waals surface area contributed by atoms with E-state index < -0.39 is 11.0 Å². The molecular weight excluding hydrogens is 298 g/mol. The molecule has 0 fully saturated rings. The summed E-state index contributed by atoms with van der Waals surface area (Å²) in [5.74, 6) is 0.538. The van der Waals surface area contributed by atoms with Gasteiger partial charge >= 0.3 is 0 Å². The molecular formula is C17H19NO5. The van der Waals surface area contributed by atoms with Crippen molar-refractivity contribution in [1.29, 1.82) is 0 Å². The summed E-state index contributed by atoms with van der Waals surface area (Å²) in [6.45, 7) is 6.53. The Morgan fingerprint density at radius 1 is 1.17 bits per heavy atom. The Labute approximate surface area is 134 Å². The molecule has 0 aliphatic heterocycles. The lowest BCUT2D eigenvalue weighted by molar-refractivity contribution is -0.418. The van der Waals surface area contributed by atoms with E-state index in [0.29, 0.717) is 11.3 Å². The fourth-order valence-corrected chi connectivity index (χ4v) is 1.51. The van der Waals surface area contributed by atoms with Crippen molar-refractivity contribution in [3.8, 4) is 5.75 Å². The molecule has 0 atom stereocenters. The highest BCUT2D eigenvalue weighted by Crippen LogP contribution is 2.15. The molecule has 1 aromatic rings. The van der Waals surface area contributed by atoms with Crippen LogP contribution in [0.1, 0.15) is 5.56 Å². The Balaban J connectivity index is 2.62. The van der Waals surface area contributed by atoms with Gasteiger partial charge in [-0.15, -0.1) is 0 Å². The summed E-state index contributed by atoms with van der Waals surface area (Å²) in [5, 5.41) is 28.3. The van der Waals surface area contributed by atoms with Gasteiger partial charge in [-0.05, 0) is 35.9 Å². The van der Waals surface area contributed by atoms with Crippen LogP contribution in [-0.4, -0.2) is 34.5 Å². The van der Waals surface area contributed by atoms with Crippen LogP contribution in [0.2, 0.25) is 0 Å². The Morgan fingerprint density at radius 3 is 2.30 bits per heavy atom. The van der Waals surface area contributed by atoms with E-state index >= 15 is 0 Å². The molecule has 0 saturated carbocycles. The van der Waals surface area contributed by atoms with Crippen LogP contribution in [0.15, 0.2) is 66.9 Å². The zero-order valence-corrected chi connectivity index (χ0v) is 12.6. The van der Waals surface area contributed by atoms with Gasteiger partial charge in [-0.2, -0.15) is 0 Å². The van der Waals surface area contributed by atoms with E-state index in [2.05, 4.69) is 13.2 Å². The first-order chi connectivity index (χ1) is 11.0. The lowest BCUT2D eigenvalue weighted by Gasteiger charge is -2.14. The van der Waals surface area contributed by atoms with Crippen molar-refractivity contribution in [2.45, 2.75) is 6.10 Å². The predicted molar refractivity (Wildman–Crippen MR) is 88.5 cm³/mol. The van der Waals surface area contributed by atoms with E-state index in [0.717, 1.165) is 5.56 Å². The third-order valence-corrected chi connectivity index (χ3v) is 2.80. The van der Waals surface area contributed by atoms with Crippen LogP contribution in [0.5, 0.6) is 5.75 Å². The van der Waals surface area contributed by atoms with Crippen molar-refractivity contribution in [3.05, 3.63) is 82.6 Å². The number of nitrogens with zero attached hydrogens (tertiary/aromatic N) is 1. The molecule has 23 heavy (non-hydrogen) atoms. The molecule has 0 saturated heterocycles. The van der Waals surface area contributed by atoms with E-state index in [1.807, 2.05) is 0 Å². The van der Waals surface area contributed by atoms with Gasteiger partial charge in [0.2, 0.25) is 0 Å². The topological polar surface area (TPSA) is 92.8 Å². The number of aliphatic hydroxyl groups excluding tert-OH is 2. The molecule has 1 aromatic carbocycles. The van der Waals surface area contributed by atoms with Crippen LogP contribution in [-0.2, 0) is 0 Å². The number of hydrogen-bond acceptors (Lipinski definition) is 5. The molecule has 0 aromatic heterocycles. The van der Waals surface area contributed by atoms with Gasteiger partial charge in [0.1, 0.15) is 11.9 Å². The summed E-state index contributed by atoms with van der Waals surface area (Å²) < 4.78 is 5.35. The van der Waals surface area contributed by atoms with Crippen LogP contribution in [0, 0.1) is 10.1 Å². The van der Waals surface area contributed by atoms with Crippen molar-refractivity contribution in [2.24, 2.45) is 0 Å². The predicted octanol–water partition coefficient (Wildman–Crippen LogP) is 2.33. The summed E-state index contributed by atoms with van der Waals surface area (Å²) >= 11 is 0. The molecule has 1 rings (SSSR count). The van der Waals surface area contributed by atoms with E-state index in [4.69, 9.17) is 14.9 Å². The smallest absolute Gasteiger partial charge is 0.262 e. The Morgan fingerprint density at radius 2 is 1.78 bits per heavy atom. The molecule has 0 unspecified atom stereocenters. The standard InChI is InChI=1S/C17H19NO5/c1-13(3-5-14(2)18(21)22)4-6-15-7-9-16(10-8-15)23-17(11-19)12-20/h3-10,17,19-20H,1-2,11-12H2/b5-3-,6-4+. The zero-order valence-electron chi connectivity index (χ0n) is 12.6. The molecule has 0 radical (unpaired) electrons. The van der Waals surface area contributed by atoms with Crippen LogP contribution in [0.4, 0.5) is 0 Å². The quantitative estimate of drug-likeness (QED) is 0.414. The van der Waals surface area contributed by atoms with Crippen molar-refractivity contribution < 1.29 is 19.9 Å². The van der Waals surface area contributed by atoms with Crippen molar-refractivity contribution in [3.63, 3.8) is 0 Å². The number of ether oxygens (including phenoxy) is 1. The minimum atomic E-state index is -0.643. The van der Waals surface area contributed by atoms with E-state index in [-0.39, 0.29) is 18.9 Å². The van der Waals surface area contributed by atoms with Crippen molar-refractivity contribution in [1.82, 2.24) is 0 Å². The average Bonchev–Trinajstić information content (AvgIpc) is 2.56. The Bertz CT molecular complexity index is 612. The number of allylic oxidation sites excluding steroid dienone is 4. The van der Waals surface area contributed by atoms with Gasteiger partial charge in [-0.25, -0.2) is 0 Å². The normalized spacial score (nSPS) is 11.3. The SMILES string of the molecule is C=C(/C=C\C(=C)[N+](=O)[O-])/C=C/c1ccc(OC(CO)CO)cc1. The minimum Gasteiger partial charge on any atom is -0.486 e. The number of aliphatic hydroxyl groups is 2. The van der Waals surface area contributed by atoms with E-state index in [1.165, 1.54) is 12.2 Å². The molecule has 6 heteroatoms. The molecule has 0 bridgehead atoms. The number of benzene rings is 1. The summed E-state index contributed by atoms with van der Waals surface area (Å²) in [7, 11) is 0. The van der Waals surface area contributed by atoms with Gasteiger partial charge in [0, 0.05) is 6.08 Å². The highest BCUT2D eigenvalue weighted by Gasteiger charge is 2.06. The third kappa shape index (κ3) is 6.73. The van der Waals surface area contributed by atoms with Crippen molar-refractivity contribution >= 4 is 6.08 Å². The maximum Gasteiger partial charge on any atom is 0.262 e. The van der Waals surface area contributed by atoms with Gasteiger partial charge < -0.3 is 14.9 Å². The third-order valence-electron chi connectivity index (χ3n) is 2.80. The lowest BCUT2D eigenvalue weighted by atomic mass is 10.1. The van der Waals surface area contributed by atoms with Crippen LogP contribution < -0.4 is 4.74 Å². The van der Waals surface area contributed by atoms with Crippen molar-refractivity contribution in [2.75, 3.05) is 13.2 Å². The average molecular weight is 317 g/mol. The maximum atomic E-state index is 10.4. The summed E-state index contributed by atoms with van der Waals surface area (Å²) in [6, 6.07) is 7.02. The van der Waals surface area contributed by atoms with Crippen LogP contribution >= 0.6 is 0 Å². The Hall–Kier alpha value is -2.70. The second kappa shape index (κ2) is 9.34. The minimum absolute atomic E-state index is 0.205. The Kier molecular flexibility index (Phi) is 7.45. The molecule has 0 aliphatic rings. The first-order valence-corrected chi connectivity index (χ1v) is 6.83. The second-order valence-electron chi connectivity index (χ2n) is 4.66. The first kappa shape index (κ1) is 18.3. The highest BCUT2D eigenvalue weighted by atomic mass is 16.6. The molecule has 0 aliphatic carbocycles. The molecule has 6 nitrogen and oxygen atoms in total. The van der Waals surface area contributed by atoms with Gasteiger partial charge in [-0.1, -0.05) is 30.9 Å². The van der Waals surface area contributed by atoms with E-state index in [9.17, 15) is 10.1 Å². The molecule has 0 amide bonds. The summed E-state index contributed by atoms with van der Waals surface area (Å²) in [4.78, 5) is 9.84. The molecule has 0 spiro atoms. The molecule has 2 N–H and O–H groups in total. The largest absolute Gasteiger partial charge is 0.486 e. The van der Waals surface area contributed by atoms with Gasteiger partial charge in [0.05, 0.1) is 18.1 Å². The van der Waals surface area contributed by atoms with Gasteiger partial charge in [-0.3, -0.25) is 10.1 Å². The fourth-order valence-electron chi connectivity index (χ4n) is 1.51. The summed E-state index contributed by atoms with van der Waals surface area (Å²) in [6.07, 6.45) is 5.65. The monoisotopic (exact) mass is 317 g/mol. The van der Waals surface area contributed by atoms with E-state index in [1.54, 1.807) is 36.4 Å². The second-order valence-corrected chi connectivity index (χ2v) is 4.66. The lowest BCUT2D eigenvalue weighted by Crippen LogP contribution is -2.25. The van der Waals surface area contributed by atoms with Gasteiger partial charge in [0.15, 0.2) is 0 Å². The first-order valence-electron chi connectivity index (χ1n) is 6.83. The summed E-state index contributed by atoms with van der Waals surface area (Å²) in [5.41, 5.74) is 1.27. The van der Waals surface area contributed by atoms with Crippen LogP contribution in [0.25, 0.3) is 6.08 Å². The van der Waals surface area contributed by atoms with Gasteiger partial charge in [0.25, 0.3) is 5.70 Å². The maximum absolute atomic E-state index is 10.4. The molecule has 122 valence electrons. The highest BCUT2D eigenvalue weighted by molar-refractivity contribution is 5.55. The number of rotatable bonds is 9. The zero-order chi connectivity index (χ0) is 17.2. The number of nitro groups is 1. The van der Waals surface area contributed by atoms with Crippen LogP contribution in [0.3, 0.4) is 0 Å². The number of hydrogen-bond donors (Lipinski definition) is 2.